The summed E-state index contributed by atoms with van der Waals surface area (Å²) in [6, 6.07) is 11.1. The number of nitrogens with one attached hydrogen (secondary N) is 1. The van der Waals surface area contributed by atoms with E-state index in [2.05, 4.69) is 10.3 Å². The second-order valence-corrected chi connectivity index (χ2v) is 9.21. The average Bonchev–Trinajstić information content (AvgIpc) is 3.33. The zero-order valence-electron chi connectivity index (χ0n) is 16.1. The van der Waals surface area contributed by atoms with Crippen LogP contribution in [-0.4, -0.2) is 28.3 Å². The van der Waals surface area contributed by atoms with Crippen molar-refractivity contribution in [2.45, 2.75) is 43.6 Å². The molecule has 0 saturated heterocycles. The van der Waals surface area contributed by atoms with Crippen LogP contribution in [0.1, 0.15) is 48.0 Å². The molecule has 2 bridgehead atoms. The van der Waals surface area contributed by atoms with E-state index in [-0.39, 0.29) is 5.91 Å². The van der Waals surface area contributed by atoms with E-state index in [1.165, 1.54) is 25.7 Å². The van der Waals surface area contributed by atoms with E-state index >= 15 is 0 Å². The molecule has 4 rings (SSSR count). The highest BCUT2D eigenvalue weighted by Crippen LogP contribution is 2.47. The minimum Gasteiger partial charge on any atom is -0.508 e. The van der Waals surface area contributed by atoms with E-state index in [0.29, 0.717) is 17.2 Å². The van der Waals surface area contributed by atoms with Crippen molar-refractivity contribution in [1.82, 2.24) is 10.3 Å². The van der Waals surface area contributed by atoms with Gasteiger partial charge in [-0.15, -0.1) is 11.8 Å². The van der Waals surface area contributed by atoms with Crippen molar-refractivity contribution < 1.29 is 9.90 Å². The van der Waals surface area contributed by atoms with E-state index in [1.807, 2.05) is 24.3 Å². The van der Waals surface area contributed by atoms with E-state index < -0.39 is 0 Å². The second-order valence-electron chi connectivity index (χ2n) is 8.12. The molecule has 1 aromatic heterocycles. The maximum absolute atomic E-state index is 12.7. The van der Waals surface area contributed by atoms with Gasteiger partial charge in [0.05, 0.1) is 5.56 Å². The molecule has 2 saturated carbocycles. The lowest BCUT2D eigenvalue weighted by Crippen LogP contribution is -2.32. The number of aromatic nitrogens is 1. The van der Waals surface area contributed by atoms with Gasteiger partial charge in [0.15, 0.2) is 0 Å². The lowest BCUT2D eigenvalue weighted by molar-refractivity contribution is 0.0938. The van der Waals surface area contributed by atoms with Crippen molar-refractivity contribution in [2.75, 3.05) is 12.3 Å². The summed E-state index contributed by atoms with van der Waals surface area (Å²) >= 11 is 1.63. The van der Waals surface area contributed by atoms with Crippen molar-refractivity contribution in [3.63, 3.8) is 0 Å². The van der Waals surface area contributed by atoms with Gasteiger partial charge in [-0.1, -0.05) is 18.6 Å². The molecule has 1 amide bonds. The highest BCUT2D eigenvalue weighted by Gasteiger charge is 2.39. The SMILES string of the molecule is O=C(NCC1CC2CCC1C2)c1cccnc1SCCCc1cccc(O)c1. The summed E-state index contributed by atoms with van der Waals surface area (Å²) in [7, 11) is 0. The van der Waals surface area contributed by atoms with E-state index in [4.69, 9.17) is 0 Å². The summed E-state index contributed by atoms with van der Waals surface area (Å²) in [6.45, 7) is 0.802. The predicted octanol–water partition coefficient (Wildman–Crippen LogP) is 4.68. The zero-order chi connectivity index (χ0) is 19.3. The molecule has 3 atom stereocenters. The number of amides is 1. The standard InChI is InChI=1S/C23H28N2O2S/c26-20-6-1-4-16(14-20)5-3-11-28-23-21(7-2-10-24-23)22(27)25-15-19-13-17-8-9-18(19)12-17/h1-2,4,6-7,10,14,17-19,26H,3,5,8-9,11-13,15H2,(H,25,27). The first-order valence-electron chi connectivity index (χ1n) is 10.3. The fourth-order valence-electron chi connectivity index (χ4n) is 4.78. The van der Waals surface area contributed by atoms with Crippen LogP contribution < -0.4 is 5.32 Å². The summed E-state index contributed by atoms with van der Waals surface area (Å²) in [5, 5.41) is 13.5. The minimum atomic E-state index is 0.00588. The highest BCUT2D eigenvalue weighted by atomic mass is 32.2. The number of benzene rings is 1. The van der Waals surface area contributed by atoms with Crippen molar-refractivity contribution >= 4 is 17.7 Å². The van der Waals surface area contributed by atoms with Gasteiger partial charge in [-0.2, -0.15) is 0 Å². The molecule has 148 valence electrons. The first-order valence-corrected chi connectivity index (χ1v) is 11.3. The number of aromatic hydroxyl groups is 1. The van der Waals surface area contributed by atoms with Crippen LogP contribution in [0.5, 0.6) is 5.75 Å². The van der Waals surface area contributed by atoms with Crippen molar-refractivity contribution in [3.05, 3.63) is 53.7 Å². The Morgan fingerprint density at radius 1 is 1.21 bits per heavy atom. The fraction of sp³-hybridized carbons (Fsp3) is 0.478. The molecule has 28 heavy (non-hydrogen) atoms. The number of phenolic OH excluding ortho intramolecular Hbond substituents is 1. The summed E-state index contributed by atoms with van der Waals surface area (Å²) in [5.74, 6) is 3.60. The van der Waals surface area contributed by atoms with Crippen LogP contribution in [-0.2, 0) is 6.42 Å². The third-order valence-electron chi connectivity index (χ3n) is 6.18. The highest BCUT2D eigenvalue weighted by molar-refractivity contribution is 7.99. The smallest absolute Gasteiger partial charge is 0.254 e. The molecule has 2 aromatic rings. The molecule has 0 radical (unpaired) electrons. The van der Waals surface area contributed by atoms with E-state index in [0.717, 1.165) is 47.6 Å². The van der Waals surface area contributed by atoms with Crippen LogP contribution >= 0.6 is 11.8 Å². The van der Waals surface area contributed by atoms with Gasteiger partial charge in [-0.05, 0) is 85.4 Å². The Morgan fingerprint density at radius 2 is 2.14 bits per heavy atom. The van der Waals surface area contributed by atoms with Gasteiger partial charge in [-0.25, -0.2) is 4.98 Å². The third kappa shape index (κ3) is 4.69. The number of phenols is 1. The summed E-state index contributed by atoms with van der Waals surface area (Å²) in [5.41, 5.74) is 1.82. The Balaban J connectivity index is 1.27. The molecular weight excluding hydrogens is 368 g/mol. The van der Waals surface area contributed by atoms with Crippen LogP contribution in [0, 0.1) is 17.8 Å². The summed E-state index contributed by atoms with van der Waals surface area (Å²) in [4.78, 5) is 17.2. The molecule has 5 heteroatoms. The lowest BCUT2D eigenvalue weighted by Gasteiger charge is -2.22. The van der Waals surface area contributed by atoms with Crippen LogP contribution in [0.15, 0.2) is 47.6 Å². The Hall–Kier alpha value is -2.01. The van der Waals surface area contributed by atoms with Gasteiger partial charge in [0, 0.05) is 12.7 Å². The van der Waals surface area contributed by atoms with Gasteiger partial charge in [-0.3, -0.25) is 4.79 Å². The molecular formula is C23H28N2O2S. The monoisotopic (exact) mass is 396 g/mol. The Labute approximate surface area is 171 Å². The third-order valence-corrected chi connectivity index (χ3v) is 7.28. The molecule has 2 N–H and O–H groups in total. The zero-order valence-corrected chi connectivity index (χ0v) is 17.0. The molecule has 2 aliphatic carbocycles. The largest absolute Gasteiger partial charge is 0.508 e. The number of nitrogens with zero attached hydrogens (tertiary/aromatic N) is 1. The molecule has 2 aliphatic rings. The Kier molecular flexibility index (Phi) is 6.20. The summed E-state index contributed by atoms with van der Waals surface area (Å²) < 4.78 is 0. The topological polar surface area (TPSA) is 62.2 Å². The van der Waals surface area contributed by atoms with Gasteiger partial charge in [0.1, 0.15) is 10.8 Å². The van der Waals surface area contributed by atoms with Crippen LogP contribution in [0.4, 0.5) is 0 Å². The van der Waals surface area contributed by atoms with Crippen molar-refractivity contribution in [3.8, 4) is 5.75 Å². The minimum absolute atomic E-state index is 0.00588. The first kappa shape index (κ1) is 19.3. The quantitative estimate of drug-likeness (QED) is 0.502. The van der Waals surface area contributed by atoms with Crippen molar-refractivity contribution in [1.29, 1.82) is 0 Å². The molecule has 3 unspecified atom stereocenters. The maximum Gasteiger partial charge on any atom is 0.254 e. The molecule has 1 aromatic carbocycles. The molecule has 1 heterocycles. The van der Waals surface area contributed by atoms with Crippen LogP contribution in [0.2, 0.25) is 0 Å². The number of hydrogen-bond donors (Lipinski definition) is 2. The molecule has 0 spiro atoms. The second kappa shape index (κ2) is 8.99. The van der Waals surface area contributed by atoms with E-state index in [9.17, 15) is 9.90 Å². The number of rotatable bonds is 8. The first-order chi connectivity index (χ1) is 13.7. The van der Waals surface area contributed by atoms with Crippen LogP contribution in [0.25, 0.3) is 0 Å². The van der Waals surface area contributed by atoms with Gasteiger partial charge >= 0.3 is 0 Å². The van der Waals surface area contributed by atoms with Crippen LogP contribution in [0.3, 0.4) is 0 Å². The summed E-state index contributed by atoms with van der Waals surface area (Å²) in [6.07, 6.45) is 9.02. The normalized spacial score (nSPS) is 23.1. The number of carbonyl (C=O) groups excluding carboxylic acids is 1. The molecule has 0 aliphatic heterocycles. The van der Waals surface area contributed by atoms with Gasteiger partial charge in [0.2, 0.25) is 0 Å². The number of pyridine rings is 1. The molecule has 4 nitrogen and oxygen atoms in total. The Bertz CT molecular complexity index is 826. The molecule has 2 fully saturated rings. The number of fused-ring (bicyclic) bond motifs is 2. The number of carbonyl (C=O) groups is 1. The number of thioether (sulfide) groups is 1. The lowest BCUT2D eigenvalue weighted by atomic mass is 9.89. The van der Waals surface area contributed by atoms with Gasteiger partial charge < -0.3 is 10.4 Å². The fourth-order valence-corrected chi connectivity index (χ4v) is 5.71. The number of aryl methyl sites for hydroxylation is 1. The van der Waals surface area contributed by atoms with Crippen molar-refractivity contribution in [2.24, 2.45) is 17.8 Å². The van der Waals surface area contributed by atoms with Gasteiger partial charge in [0.25, 0.3) is 5.91 Å². The van der Waals surface area contributed by atoms with E-state index in [1.54, 1.807) is 30.1 Å². The Morgan fingerprint density at radius 3 is 2.93 bits per heavy atom. The average molecular weight is 397 g/mol. The number of hydrogen-bond acceptors (Lipinski definition) is 4. The maximum atomic E-state index is 12.7. The predicted molar refractivity (Wildman–Crippen MR) is 113 cm³/mol.